The predicted octanol–water partition coefficient (Wildman–Crippen LogP) is 3.32. The van der Waals surface area contributed by atoms with E-state index in [4.69, 9.17) is 0 Å². The molecule has 2 aromatic rings. The molecule has 2 N–H and O–H groups in total. The van der Waals surface area contributed by atoms with Gasteiger partial charge in [0.15, 0.2) is 6.04 Å². The molecule has 24 heavy (non-hydrogen) atoms. The smallest absolute Gasteiger partial charge is 0.330 e. The molecule has 0 spiro atoms. The number of hydrogen-bond acceptors (Lipinski definition) is 2. The molecule has 1 unspecified atom stereocenters. The van der Waals surface area contributed by atoms with Crippen LogP contribution in [0.15, 0.2) is 42.5 Å². The zero-order valence-electron chi connectivity index (χ0n) is 13.7. The van der Waals surface area contributed by atoms with Gasteiger partial charge in [-0.2, -0.15) is 0 Å². The third-order valence-corrected chi connectivity index (χ3v) is 3.79. The van der Waals surface area contributed by atoms with E-state index in [0.717, 1.165) is 11.1 Å². The van der Waals surface area contributed by atoms with Gasteiger partial charge in [0.2, 0.25) is 5.91 Å². The summed E-state index contributed by atoms with van der Waals surface area (Å²) < 4.78 is 13.3. The lowest BCUT2D eigenvalue weighted by molar-refractivity contribution is -0.142. The number of aryl methyl sites for hydroxylation is 3. The van der Waals surface area contributed by atoms with Crippen LogP contribution in [0.1, 0.15) is 34.7 Å². The van der Waals surface area contributed by atoms with Crippen LogP contribution in [-0.4, -0.2) is 17.0 Å². The van der Waals surface area contributed by atoms with Crippen LogP contribution in [-0.2, 0) is 16.0 Å². The van der Waals surface area contributed by atoms with Gasteiger partial charge in [-0.25, -0.2) is 9.18 Å². The van der Waals surface area contributed by atoms with E-state index in [1.807, 2.05) is 31.2 Å². The minimum Gasteiger partial charge on any atom is -0.479 e. The third-order valence-electron chi connectivity index (χ3n) is 3.79. The number of carboxylic acid groups (broad SMARTS) is 1. The predicted molar refractivity (Wildman–Crippen MR) is 89.2 cm³/mol. The van der Waals surface area contributed by atoms with Gasteiger partial charge >= 0.3 is 5.97 Å². The van der Waals surface area contributed by atoms with Crippen LogP contribution < -0.4 is 5.32 Å². The number of carbonyl (C=O) groups is 2. The van der Waals surface area contributed by atoms with Crippen LogP contribution in [0.25, 0.3) is 0 Å². The van der Waals surface area contributed by atoms with E-state index < -0.39 is 17.8 Å². The van der Waals surface area contributed by atoms with Crippen molar-refractivity contribution in [1.29, 1.82) is 0 Å². The molecule has 0 aliphatic carbocycles. The zero-order valence-corrected chi connectivity index (χ0v) is 13.7. The van der Waals surface area contributed by atoms with E-state index in [2.05, 4.69) is 5.32 Å². The average molecular weight is 329 g/mol. The molecule has 0 heterocycles. The fourth-order valence-electron chi connectivity index (χ4n) is 2.49. The van der Waals surface area contributed by atoms with Crippen molar-refractivity contribution in [1.82, 2.24) is 5.32 Å². The molecule has 0 saturated heterocycles. The van der Waals surface area contributed by atoms with E-state index in [1.165, 1.54) is 18.2 Å². The molecule has 1 amide bonds. The Balaban J connectivity index is 2.03. The van der Waals surface area contributed by atoms with Gasteiger partial charge in [-0.15, -0.1) is 0 Å². The maximum atomic E-state index is 13.3. The molecule has 0 fully saturated rings. The van der Waals surface area contributed by atoms with Gasteiger partial charge in [0.05, 0.1) is 0 Å². The van der Waals surface area contributed by atoms with Crippen LogP contribution in [0.3, 0.4) is 0 Å². The van der Waals surface area contributed by atoms with Crippen LogP contribution in [0.4, 0.5) is 4.39 Å². The summed E-state index contributed by atoms with van der Waals surface area (Å²) in [5, 5.41) is 11.9. The highest BCUT2D eigenvalue weighted by Crippen LogP contribution is 2.17. The first-order chi connectivity index (χ1) is 11.4. The van der Waals surface area contributed by atoms with Gasteiger partial charge in [-0.3, -0.25) is 4.79 Å². The van der Waals surface area contributed by atoms with Crippen molar-refractivity contribution in [2.24, 2.45) is 0 Å². The Kier molecular flexibility index (Phi) is 5.68. The van der Waals surface area contributed by atoms with Crippen molar-refractivity contribution in [2.75, 3.05) is 0 Å². The summed E-state index contributed by atoms with van der Waals surface area (Å²) in [5.74, 6) is -1.94. The standard InChI is InChI=1S/C19H20FNO3/c1-12-4-3-5-14(10-12)6-9-17(22)21-18(19(23)24)15-7-8-16(20)13(2)11-15/h3-5,7-8,10-11,18H,6,9H2,1-2H3,(H,21,22)(H,23,24). The lowest BCUT2D eigenvalue weighted by atomic mass is 10.0. The quantitative estimate of drug-likeness (QED) is 0.854. The molecular weight excluding hydrogens is 309 g/mol. The summed E-state index contributed by atoms with van der Waals surface area (Å²) in [5.41, 5.74) is 2.82. The molecule has 0 radical (unpaired) electrons. The minimum absolute atomic E-state index is 0.188. The van der Waals surface area contributed by atoms with Crippen LogP contribution >= 0.6 is 0 Å². The van der Waals surface area contributed by atoms with Crippen molar-refractivity contribution < 1.29 is 19.1 Å². The van der Waals surface area contributed by atoms with Crippen molar-refractivity contribution in [3.05, 3.63) is 70.5 Å². The highest BCUT2D eigenvalue weighted by Gasteiger charge is 2.22. The van der Waals surface area contributed by atoms with E-state index in [-0.39, 0.29) is 12.3 Å². The second kappa shape index (κ2) is 7.73. The van der Waals surface area contributed by atoms with Crippen LogP contribution in [0.2, 0.25) is 0 Å². The van der Waals surface area contributed by atoms with E-state index >= 15 is 0 Å². The van der Waals surface area contributed by atoms with Gasteiger partial charge in [0.25, 0.3) is 0 Å². The van der Waals surface area contributed by atoms with E-state index in [9.17, 15) is 19.1 Å². The number of halogens is 1. The molecule has 126 valence electrons. The first kappa shape index (κ1) is 17.7. The van der Waals surface area contributed by atoms with Crippen molar-refractivity contribution in [3.63, 3.8) is 0 Å². The van der Waals surface area contributed by atoms with E-state index in [0.29, 0.717) is 17.5 Å². The molecule has 1 atom stereocenters. The molecule has 2 aromatic carbocycles. The summed E-state index contributed by atoms with van der Waals surface area (Å²) in [6.07, 6.45) is 0.718. The van der Waals surface area contributed by atoms with Gasteiger partial charge in [0.1, 0.15) is 5.82 Å². The van der Waals surface area contributed by atoms with Gasteiger partial charge in [-0.05, 0) is 43.0 Å². The number of amides is 1. The second-order valence-electron chi connectivity index (χ2n) is 5.84. The molecule has 0 bridgehead atoms. The Labute approximate surface area is 140 Å². The number of carboxylic acids is 1. The Morgan fingerprint density at radius 1 is 1.17 bits per heavy atom. The topological polar surface area (TPSA) is 66.4 Å². The molecule has 0 aromatic heterocycles. The molecule has 5 heteroatoms. The maximum absolute atomic E-state index is 13.3. The van der Waals surface area contributed by atoms with Crippen molar-refractivity contribution in [3.8, 4) is 0 Å². The summed E-state index contributed by atoms with van der Waals surface area (Å²) in [7, 11) is 0. The first-order valence-electron chi connectivity index (χ1n) is 7.70. The lowest BCUT2D eigenvalue weighted by Gasteiger charge is -2.16. The fourth-order valence-corrected chi connectivity index (χ4v) is 2.49. The largest absolute Gasteiger partial charge is 0.479 e. The highest BCUT2D eigenvalue weighted by molar-refractivity contribution is 5.84. The number of nitrogens with one attached hydrogen (secondary N) is 1. The molecule has 2 rings (SSSR count). The average Bonchev–Trinajstić information content (AvgIpc) is 2.53. The number of aliphatic carboxylic acids is 1. The molecular formula is C19H20FNO3. The van der Waals surface area contributed by atoms with Crippen molar-refractivity contribution >= 4 is 11.9 Å². The fraction of sp³-hybridized carbons (Fsp3) is 0.263. The zero-order chi connectivity index (χ0) is 17.7. The number of hydrogen-bond donors (Lipinski definition) is 2. The summed E-state index contributed by atoms with van der Waals surface area (Å²) in [6, 6.07) is 10.7. The monoisotopic (exact) mass is 329 g/mol. The van der Waals surface area contributed by atoms with Gasteiger partial charge in [0, 0.05) is 6.42 Å². The molecule has 0 saturated carbocycles. The van der Waals surface area contributed by atoms with Gasteiger partial charge in [-0.1, -0.05) is 42.0 Å². The van der Waals surface area contributed by atoms with Crippen molar-refractivity contribution in [2.45, 2.75) is 32.7 Å². The molecule has 0 aliphatic heterocycles. The SMILES string of the molecule is Cc1cccc(CCC(=O)NC(C(=O)O)c2ccc(F)c(C)c2)c1. The summed E-state index contributed by atoms with van der Waals surface area (Å²) in [4.78, 5) is 23.5. The number of benzene rings is 2. The first-order valence-corrected chi connectivity index (χ1v) is 7.70. The lowest BCUT2D eigenvalue weighted by Crippen LogP contribution is -2.34. The molecule has 4 nitrogen and oxygen atoms in total. The molecule has 0 aliphatic rings. The Morgan fingerprint density at radius 3 is 2.54 bits per heavy atom. The number of carbonyl (C=O) groups excluding carboxylic acids is 1. The van der Waals surface area contributed by atoms with E-state index in [1.54, 1.807) is 6.92 Å². The summed E-state index contributed by atoms with van der Waals surface area (Å²) >= 11 is 0. The van der Waals surface area contributed by atoms with Crippen LogP contribution in [0, 0.1) is 19.7 Å². The van der Waals surface area contributed by atoms with Gasteiger partial charge < -0.3 is 10.4 Å². The highest BCUT2D eigenvalue weighted by atomic mass is 19.1. The second-order valence-corrected chi connectivity index (χ2v) is 5.84. The third kappa shape index (κ3) is 4.65. The number of rotatable bonds is 6. The minimum atomic E-state index is -1.19. The Morgan fingerprint density at radius 2 is 1.92 bits per heavy atom. The van der Waals surface area contributed by atoms with Crippen LogP contribution in [0.5, 0.6) is 0 Å². The Hall–Kier alpha value is -2.69. The normalized spacial score (nSPS) is 11.8. The summed E-state index contributed by atoms with van der Waals surface area (Å²) in [6.45, 7) is 3.53. The Bertz CT molecular complexity index is 758. The maximum Gasteiger partial charge on any atom is 0.330 e.